The standard InChI is InChI=1S/C8H12ClF3O2/c1-3-6(13-4-2)5-14-8(11,12)7(9)10/h4,6-7H,2-3,5H2,1H3. The van der Waals surface area contributed by atoms with Gasteiger partial charge in [0.25, 0.3) is 5.63 Å². The Labute approximate surface area is 85.6 Å². The zero-order valence-electron chi connectivity index (χ0n) is 7.68. The Kier molecular flexibility index (Phi) is 5.95. The van der Waals surface area contributed by atoms with Crippen molar-refractivity contribution in [1.29, 1.82) is 0 Å². The zero-order valence-corrected chi connectivity index (χ0v) is 8.44. The van der Waals surface area contributed by atoms with Crippen LogP contribution in [-0.2, 0) is 9.47 Å². The molecule has 0 aromatic carbocycles. The minimum absolute atomic E-state index is 0.442. The van der Waals surface area contributed by atoms with Crippen LogP contribution in [0.1, 0.15) is 13.3 Å². The summed E-state index contributed by atoms with van der Waals surface area (Å²) in [6.07, 6.45) is -3.00. The highest BCUT2D eigenvalue weighted by atomic mass is 35.5. The summed E-state index contributed by atoms with van der Waals surface area (Å²) < 4.78 is 45.8. The molecule has 0 fully saturated rings. The van der Waals surface area contributed by atoms with Gasteiger partial charge in [0, 0.05) is 0 Å². The first-order valence-corrected chi connectivity index (χ1v) is 4.44. The molecule has 14 heavy (non-hydrogen) atoms. The molecule has 2 unspecified atom stereocenters. The normalized spacial score (nSPS) is 16.1. The van der Waals surface area contributed by atoms with Crippen LogP contribution in [0.3, 0.4) is 0 Å². The molecule has 0 N–H and O–H groups in total. The number of rotatable bonds is 7. The quantitative estimate of drug-likeness (QED) is 0.496. The highest BCUT2D eigenvalue weighted by molar-refractivity contribution is 6.20. The Hall–Kier alpha value is -0.420. The van der Waals surface area contributed by atoms with Gasteiger partial charge >= 0.3 is 6.11 Å². The van der Waals surface area contributed by atoms with Crippen molar-refractivity contribution < 1.29 is 22.6 Å². The van der Waals surface area contributed by atoms with Crippen LogP contribution in [0.5, 0.6) is 0 Å². The van der Waals surface area contributed by atoms with Crippen LogP contribution in [0.25, 0.3) is 0 Å². The van der Waals surface area contributed by atoms with Crippen molar-refractivity contribution in [2.75, 3.05) is 6.61 Å². The van der Waals surface area contributed by atoms with Gasteiger partial charge in [0.1, 0.15) is 6.10 Å². The fourth-order valence-electron chi connectivity index (χ4n) is 0.656. The van der Waals surface area contributed by atoms with Crippen LogP contribution in [0.2, 0.25) is 0 Å². The molecular formula is C8H12ClF3O2. The topological polar surface area (TPSA) is 18.5 Å². The fraction of sp³-hybridized carbons (Fsp3) is 0.750. The SMILES string of the molecule is C=COC(CC)COC(F)(F)C(F)Cl. The van der Waals surface area contributed by atoms with Gasteiger partial charge in [-0.2, -0.15) is 8.78 Å². The summed E-state index contributed by atoms with van der Waals surface area (Å²) in [5, 5.41) is 0. The summed E-state index contributed by atoms with van der Waals surface area (Å²) in [5.74, 6) is 0. The lowest BCUT2D eigenvalue weighted by Crippen LogP contribution is -2.33. The molecule has 0 aromatic heterocycles. The lowest BCUT2D eigenvalue weighted by molar-refractivity contribution is -0.265. The lowest BCUT2D eigenvalue weighted by atomic mass is 10.3. The second kappa shape index (κ2) is 6.14. The van der Waals surface area contributed by atoms with Gasteiger partial charge in [-0.1, -0.05) is 25.1 Å². The van der Waals surface area contributed by atoms with Gasteiger partial charge in [0.05, 0.1) is 12.9 Å². The number of hydrogen-bond donors (Lipinski definition) is 0. The molecule has 0 spiro atoms. The first-order valence-electron chi connectivity index (χ1n) is 4.00. The lowest BCUT2D eigenvalue weighted by Gasteiger charge is -2.20. The third-order valence-corrected chi connectivity index (χ3v) is 1.71. The number of halogens is 4. The maximum absolute atomic E-state index is 12.5. The van der Waals surface area contributed by atoms with E-state index in [4.69, 9.17) is 4.74 Å². The summed E-state index contributed by atoms with van der Waals surface area (Å²) in [6.45, 7) is 4.53. The minimum atomic E-state index is -3.99. The molecule has 0 saturated heterocycles. The van der Waals surface area contributed by atoms with Crippen molar-refractivity contribution in [3.05, 3.63) is 12.8 Å². The zero-order chi connectivity index (χ0) is 11.2. The molecule has 0 rings (SSSR count). The molecule has 0 amide bonds. The van der Waals surface area contributed by atoms with Crippen LogP contribution >= 0.6 is 11.6 Å². The monoisotopic (exact) mass is 232 g/mol. The van der Waals surface area contributed by atoms with E-state index in [1.165, 1.54) is 0 Å². The van der Waals surface area contributed by atoms with Crippen molar-refractivity contribution in [2.45, 2.75) is 31.2 Å². The summed E-state index contributed by atoms with van der Waals surface area (Å²) in [4.78, 5) is 0. The molecule has 0 saturated carbocycles. The Bertz CT molecular complexity index is 176. The molecular weight excluding hydrogens is 221 g/mol. The van der Waals surface area contributed by atoms with Gasteiger partial charge in [-0.05, 0) is 6.42 Å². The van der Waals surface area contributed by atoms with Crippen LogP contribution < -0.4 is 0 Å². The summed E-state index contributed by atoms with van der Waals surface area (Å²) in [7, 11) is 0. The van der Waals surface area contributed by atoms with Crippen LogP contribution in [0.4, 0.5) is 13.2 Å². The Morgan fingerprint density at radius 2 is 2.14 bits per heavy atom. The predicted molar refractivity (Wildman–Crippen MR) is 47.0 cm³/mol. The third kappa shape index (κ3) is 4.72. The van der Waals surface area contributed by atoms with Gasteiger partial charge in [0.15, 0.2) is 0 Å². The van der Waals surface area contributed by atoms with Crippen molar-refractivity contribution in [3.63, 3.8) is 0 Å². The highest BCUT2D eigenvalue weighted by Gasteiger charge is 2.40. The Morgan fingerprint density at radius 1 is 1.57 bits per heavy atom. The molecule has 2 atom stereocenters. The average Bonchev–Trinajstić information content (AvgIpc) is 2.12. The van der Waals surface area contributed by atoms with Crippen LogP contribution in [0.15, 0.2) is 12.8 Å². The smallest absolute Gasteiger partial charge is 0.401 e. The number of hydrogen-bond acceptors (Lipinski definition) is 2. The van der Waals surface area contributed by atoms with E-state index < -0.39 is 24.5 Å². The van der Waals surface area contributed by atoms with E-state index in [0.29, 0.717) is 6.42 Å². The molecule has 0 aromatic rings. The van der Waals surface area contributed by atoms with Gasteiger partial charge in [-0.3, -0.25) is 0 Å². The van der Waals surface area contributed by atoms with E-state index in [2.05, 4.69) is 22.9 Å². The number of ether oxygens (including phenoxy) is 2. The first kappa shape index (κ1) is 13.6. The van der Waals surface area contributed by atoms with Crippen LogP contribution in [-0.4, -0.2) is 24.5 Å². The fourth-order valence-corrected chi connectivity index (χ4v) is 0.719. The third-order valence-electron chi connectivity index (χ3n) is 1.46. The maximum atomic E-state index is 12.5. The van der Waals surface area contributed by atoms with E-state index in [0.717, 1.165) is 6.26 Å². The van der Waals surface area contributed by atoms with E-state index in [1.54, 1.807) is 6.92 Å². The first-order chi connectivity index (χ1) is 6.44. The second-order valence-electron chi connectivity index (χ2n) is 2.51. The van der Waals surface area contributed by atoms with E-state index in [9.17, 15) is 13.2 Å². The van der Waals surface area contributed by atoms with Crippen molar-refractivity contribution in [2.24, 2.45) is 0 Å². The predicted octanol–water partition coefficient (Wildman–Crippen LogP) is 3.07. The summed E-state index contributed by atoms with van der Waals surface area (Å²) >= 11 is 4.57. The second-order valence-corrected chi connectivity index (χ2v) is 2.89. The summed E-state index contributed by atoms with van der Waals surface area (Å²) in [5.41, 5.74) is -2.86. The van der Waals surface area contributed by atoms with E-state index in [1.807, 2.05) is 0 Å². The molecule has 2 nitrogen and oxygen atoms in total. The van der Waals surface area contributed by atoms with Crippen molar-refractivity contribution >= 4 is 11.6 Å². The van der Waals surface area contributed by atoms with Gasteiger partial charge in [-0.25, -0.2) is 4.39 Å². The highest BCUT2D eigenvalue weighted by Crippen LogP contribution is 2.26. The van der Waals surface area contributed by atoms with Gasteiger partial charge in [-0.15, -0.1) is 0 Å². The van der Waals surface area contributed by atoms with Gasteiger partial charge < -0.3 is 9.47 Å². The molecule has 0 aliphatic carbocycles. The van der Waals surface area contributed by atoms with Crippen molar-refractivity contribution in [1.82, 2.24) is 0 Å². The minimum Gasteiger partial charge on any atom is -0.496 e. The van der Waals surface area contributed by atoms with E-state index >= 15 is 0 Å². The molecule has 84 valence electrons. The molecule has 0 bridgehead atoms. The molecule has 6 heteroatoms. The van der Waals surface area contributed by atoms with Crippen molar-refractivity contribution in [3.8, 4) is 0 Å². The average molecular weight is 233 g/mol. The Morgan fingerprint density at radius 3 is 2.50 bits per heavy atom. The summed E-state index contributed by atoms with van der Waals surface area (Å²) in [6, 6.07) is 0. The molecule has 0 heterocycles. The van der Waals surface area contributed by atoms with Gasteiger partial charge in [0.2, 0.25) is 0 Å². The number of alkyl halides is 4. The molecule has 0 aliphatic rings. The molecule has 0 aliphatic heterocycles. The molecule has 0 radical (unpaired) electrons. The largest absolute Gasteiger partial charge is 0.496 e. The van der Waals surface area contributed by atoms with Crippen LogP contribution in [0, 0.1) is 0 Å². The maximum Gasteiger partial charge on any atom is 0.401 e. The Balaban J connectivity index is 3.95. The van der Waals surface area contributed by atoms with E-state index in [-0.39, 0.29) is 0 Å².